The smallest absolute Gasteiger partial charge is 0.353 e. The highest BCUT2D eigenvalue weighted by molar-refractivity contribution is 9.10. The minimum absolute atomic E-state index is 0.105. The van der Waals surface area contributed by atoms with Gasteiger partial charge in [-0.05, 0) is 41.1 Å². The van der Waals surface area contributed by atoms with E-state index in [9.17, 15) is 22.8 Å². The highest BCUT2D eigenvalue weighted by atomic mass is 79.9. The Hall–Kier alpha value is -1.57. The maximum absolute atomic E-state index is 12.7. The minimum Gasteiger partial charge on any atom is -0.353 e. The van der Waals surface area contributed by atoms with E-state index in [4.69, 9.17) is 0 Å². The van der Waals surface area contributed by atoms with Crippen LogP contribution in [0, 0.1) is 0 Å². The van der Waals surface area contributed by atoms with Gasteiger partial charge in [-0.15, -0.1) is 0 Å². The van der Waals surface area contributed by atoms with Crippen LogP contribution in [0.3, 0.4) is 0 Å². The topological polar surface area (TPSA) is 49.4 Å². The molecule has 0 aromatic heterocycles. The van der Waals surface area contributed by atoms with Gasteiger partial charge in [-0.1, -0.05) is 0 Å². The van der Waals surface area contributed by atoms with E-state index in [-0.39, 0.29) is 29.0 Å². The van der Waals surface area contributed by atoms with Gasteiger partial charge >= 0.3 is 6.18 Å². The second kappa shape index (κ2) is 5.67. The number of amides is 2. The predicted octanol–water partition coefficient (Wildman–Crippen LogP) is 2.43. The molecule has 0 radical (unpaired) electrons. The lowest BCUT2D eigenvalue weighted by atomic mass is 10.1. The Bertz CT molecular complexity index is 589. The van der Waals surface area contributed by atoms with Crippen LogP contribution in [0.15, 0.2) is 22.7 Å². The predicted molar refractivity (Wildman–Crippen MR) is 72.7 cm³/mol. The number of nitrogens with one attached hydrogen (secondary N) is 1. The summed E-state index contributed by atoms with van der Waals surface area (Å²) in [4.78, 5) is 25.2. The van der Waals surface area contributed by atoms with Crippen molar-refractivity contribution < 1.29 is 22.8 Å². The summed E-state index contributed by atoms with van der Waals surface area (Å²) in [5, 5.41) is 2.59. The highest BCUT2D eigenvalue weighted by Crippen LogP contribution is 2.32. The number of hydrogen-bond donors (Lipinski definition) is 1. The highest BCUT2D eigenvalue weighted by Gasteiger charge is 2.34. The van der Waals surface area contributed by atoms with E-state index in [1.165, 1.54) is 17.9 Å². The summed E-state index contributed by atoms with van der Waals surface area (Å²) >= 11 is 3.08. The van der Waals surface area contributed by atoms with E-state index < -0.39 is 23.7 Å². The van der Waals surface area contributed by atoms with Gasteiger partial charge in [-0.25, -0.2) is 0 Å². The van der Waals surface area contributed by atoms with Crippen LogP contribution in [-0.4, -0.2) is 35.8 Å². The third-order valence-electron chi connectivity index (χ3n) is 3.28. The van der Waals surface area contributed by atoms with Gasteiger partial charge in [0, 0.05) is 17.6 Å². The molecule has 8 heteroatoms. The first-order valence-electron chi connectivity index (χ1n) is 6.17. The zero-order valence-electron chi connectivity index (χ0n) is 11.0. The second-order valence-electron chi connectivity index (χ2n) is 4.66. The number of piperazine rings is 1. The fourth-order valence-electron chi connectivity index (χ4n) is 2.08. The molecule has 0 aliphatic carbocycles. The number of alkyl halides is 3. The number of benzene rings is 1. The quantitative estimate of drug-likeness (QED) is 0.831. The number of nitrogens with zero attached hydrogens (tertiary/aromatic N) is 1. The Morgan fingerprint density at radius 1 is 1.43 bits per heavy atom. The van der Waals surface area contributed by atoms with Crippen molar-refractivity contribution in [1.82, 2.24) is 10.2 Å². The Morgan fingerprint density at radius 3 is 2.71 bits per heavy atom. The Morgan fingerprint density at radius 2 is 2.10 bits per heavy atom. The van der Waals surface area contributed by atoms with E-state index in [2.05, 4.69) is 21.2 Å². The molecule has 0 saturated carbocycles. The first kappa shape index (κ1) is 15.8. The lowest BCUT2D eigenvalue weighted by molar-refractivity contribution is -0.137. The van der Waals surface area contributed by atoms with Crippen LogP contribution in [-0.2, 0) is 11.0 Å². The van der Waals surface area contributed by atoms with Gasteiger partial charge < -0.3 is 10.2 Å². The summed E-state index contributed by atoms with van der Waals surface area (Å²) in [6.45, 7) is 2.08. The molecule has 1 unspecified atom stereocenters. The van der Waals surface area contributed by atoms with E-state index >= 15 is 0 Å². The first-order chi connectivity index (χ1) is 9.71. The van der Waals surface area contributed by atoms with E-state index in [1.54, 1.807) is 0 Å². The molecule has 1 N–H and O–H groups in total. The number of hydrogen-bond acceptors (Lipinski definition) is 2. The van der Waals surface area contributed by atoms with Crippen molar-refractivity contribution in [3.63, 3.8) is 0 Å². The average molecular weight is 365 g/mol. The largest absolute Gasteiger partial charge is 0.416 e. The van der Waals surface area contributed by atoms with Crippen LogP contribution in [0.2, 0.25) is 0 Å². The fraction of sp³-hybridized carbons (Fsp3) is 0.385. The summed E-state index contributed by atoms with van der Waals surface area (Å²) in [5.74, 6) is -0.923. The normalized spacial score (nSPS) is 19.4. The number of carbonyl (C=O) groups is 2. The molecule has 4 nitrogen and oxygen atoms in total. The number of rotatable bonds is 1. The molecular weight excluding hydrogens is 353 g/mol. The molecular formula is C13H12BrF3N2O2. The summed E-state index contributed by atoms with van der Waals surface area (Å²) < 4.78 is 38.5. The molecule has 2 amide bonds. The van der Waals surface area contributed by atoms with Gasteiger partial charge in [0.1, 0.15) is 6.04 Å². The van der Waals surface area contributed by atoms with Crippen molar-refractivity contribution in [2.24, 2.45) is 0 Å². The van der Waals surface area contributed by atoms with Crippen LogP contribution >= 0.6 is 15.9 Å². The molecule has 21 heavy (non-hydrogen) atoms. The Balaban J connectivity index is 2.36. The molecule has 1 fully saturated rings. The van der Waals surface area contributed by atoms with Crippen molar-refractivity contribution in [2.45, 2.75) is 19.1 Å². The summed E-state index contributed by atoms with van der Waals surface area (Å²) in [5.41, 5.74) is -1.01. The van der Waals surface area contributed by atoms with Gasteiger partial charge in [-0.2, -0.15) is 13.2 Å². The fourth-order valence-corrected chi connectivity index (χ4v) is 2.50. The average Bonchev–Trinajstić information content (AvgIpc) is 2.40. The molecule has 2 rings (SSSR count). The van der Waals surface area contributed by atoms with Crippen molar-refractivity contribution in [3.8, 4) is 0 Å². The molecule has 1 aliphatic rings. The minimum atomic E-state index is -4.53. The van der Waals surface area contributed by atoms with Crippen LogP contribution in [0.4, 0.5) is 13.2 Å². The molecule has 114 valence electrons. The standard InChI is InChI=1S/C13H12BrF3N2O2/c1-7-11(20)18-4-5-19(7)12(21)9-6-8(13(15,16)17)2-3-10(9)14/h2-3,6-7H,4-5H2,1H3,(H,18,20). The SMILES string of the molecule is CC1C(=O)NCCN1C(=O)c1cc(C(F)(F)F)ccc1Br. The van der Waals surface area contributed by atoms with E-state index in [1.807, 2.05) is 0 Å². The van der Waals surface area contributed by atoms with Gasteiger partial charge in [0.15, 0.2) is 0 Å². The maximum Gasteiger partial charge on any atom is 0.416 e. The van der Waals surface area contributed by atoms with Crippen molar-refractivity contribution in [2.75, 3.05) is 13.1 Å². The number of carbonyl (C=O) groups excluding carboxylic acids is 2. The van der Waals surface area contributed by atoms with Crippen molar-refractivity contribution in [3.05, 3.63) is 33.8 Å². The van der Waals surface area contributed by atoms with Crippen molar-refractivity contribution in [1.29, 1.82) is 0 Å². The molecule has 0 bridgehead atoms. The molecule has 0 spiro atoms. The van der Waals surface area contributed by atoms with E-state index in [0.29, 0.717) is 0 Å². The monoisotopic (exact) mass is 364 g/mol. The van der Waals surface area contributed by atoms with Crippen LogP contribution in [0.25, 0.3) is 0 Å². The maximum atomic E-state index is 12.7. The second-order valence-corrected chi connectivity index (χ2v) is 5.51. The van der Waals surface area contributed by atoms with Gasteiger partial charge in [0.2, 0.25) is 5.91 Å². The molecule has 1 atom stereocenters. The van der Waals surface area contributed by atoms with Gasteiger partial charge in [-0.3, -0.25) is 9.59 Å². The molecule has 1 saturated heterocycles. The van der Waals surface area contributed by atoms with Crippen LogP contribution in [0.1, 0.15) is 22.8 Å². The molecule has 1 aromatic carbocycles. The summed E-state index contributed by atoms with van der Waals surface area (Å²) in [7, 11) is 0. The Labute approximate surface area is 127 Å². The lowest BCUT2D eigenvalue weighted by Gasteiger charge is -2.33. The van der Waals surface area contributed by atoms with E-state index in [0.717, 1.165) is 12.1 Å². The first-order valence-corrected chi connectivity index (χ1v) is 6.96. The molecule has 1 aromatic rings. The van der Waals surface area contributed by atoms with Crippen molar-refractivity contribution >= 4 is 27.7 Å². The van der Waals surface area contributed by atoms with Crippen LogP contribution in [0.5, 0.6) is 0 Å². The lowest BCUT2D eigenvalue weighted by Crippen LogP contribution is -2.55. The zero-order chi connectivity index (χ0) is 15.8. The zero-order valence-corrected chi connectivity index (χ0v) is 12.6. The van der Waals surface area contributed by atoms with Gasteiger partial charge in [0.05, 0.1) is 11.1 Å². The van der Waals surface area contributed by atoms with Crippen LogP contribution < -0.4 is 5.32 Å². The molecule has 1 aliphatic heterocycles. The third kappa shape index (κ3) is 3.20. The summed E-state index contributed by atoms with van der Waals surface area (Å²) in [6, 6.07) is 2.16. The van der Waals surface area contributed by atoms with Gasteiger partial charge in [0.25, 0.3) is 5.91 Å². The molecule has 1 heterocycles. The Kier molecular flexibility index (Phi) is 4.27. The third-order valence-corrected chi connectivity index (χ3v) is 3.98. The summed E-state index contributed by atoms with van der Waals surface area (Å²) in [6.07, 6.45) is -4.53. The number of halogens is 4.